The maximum absolute atomic E-state index is 10.4. The minimum absolute atomic E-state index is 0.719. The van der Waals surface area contributed by atoms with Crippen molar-refractivity contribution in [3.8, 4) is 0 Å². The van der Waals surface area contributed by atoms with Crippen molar-refractivity contribution < 1.29 is 4.79 Å². The fourth-order valence-corrected chi connectivity index (χ4v) is 4.66. The molecule has 3 rings (SSSR count). The molecule has 3 nitrogen and oxygen atoms in total. The molecule has 2 heterocycles. The molecule has 0 aromatic heterocycles. The minimum atomic E-state index is 0.719. The van der Waals surface area contributed by atoms with Crippen LogP contribution in [-0.2, 0) is 4.79 Å². The lowest BCUT2D eigenvalue weighted by molar-refractivity contribution is -0.105. The first-order chi connectivity index (χ1) is 9.26. The number of thioether (sulfide) groups is 1. The number of nitrogens with one attached hydrogen (secondary N) is 1. The van der Waals surface area contributed by atoms with Gasteiger partial charge in [0.25, 0.3) is 0 Å². The predicted octanol–water partition coefficient (Wildman–Crippen LogP) is 2.97. The van der Waals surface area contributed by atoms with Gasteiger partial charge >= 0.3 is 0 Å². The van der Waals surface area contributed by atoms with E-state index in [0.717, 1.165) is 29.4 Å². The highest BCUT2D eigenvalue weighted by Gasteiger charge is 2.38. The molecule has 2 unspecified atom stereocenters. The van der Waals surface area contributed by atoms with Crippen molar-refractivity contribution in [1.82, 2.24) is 4.90 Å². The van der Waals surface area contributed by atoms with Crippen LogP contribution in [0.5, 0.6) is 0 Å². The van der Waals surface area contributed by atoms with E-state index >= 15 is 0 Å². The highest BCUT2D eigenvalue weighted by atomic mass is 32.2. The third-order valence-electron chi connectivity index (χ3n) is 4.44. The van der Waals surface area contributed by atoms with Gasteiger partial charge in [-0.25, -0.2) is 0 Å². The zero-order valence-corrected chi connectivity index (χ0v) is 12.0. The van der Waals surface area contributed by atoms with Crippen LogP contribution in [0.25, 0.3) is 0 Å². The van der Waals surface area contributed by atoms with E-state index in [9.17, 15) is 4.79 Å². The molecule has 2 atom stereocenters. The van der Waals surface area contributed by atoms with Crippen LogP contribution in [0.1, 0.15) is 25.7 Å². The van der Waals surface area contributed by atoms with Crippen LogP contribution in [-0.4, -0.2) is 35.7 Å². The summed E-state index contributed by atoms with van der Waals surface area (Å²) in [5.41, 5.74) is 0.864. The minimum Gasteiger partial charge on any atom is -0.329 e. The van der Waals surface area contributed by atoms with E-state index in [1.165, 1.54) is 30.6 Å². The first kappa shape index (κ1) is 13.0. The van der Waals surface area contributed by atoms with E-state index in [-0.39, 0.29) is 0 Å². The highest BCUT2D eigenvalue weighted by Crippen LogP contribution is 2.41. The zero-order valence-electron chi connectivity index (χ0n) is 11.2. The van der Waals surface area contributed by atoms with Gasteiger partial charge in [0.1, 0.15) is 0 Å². The molecule has 1 N–H and O–H groups in total. The first-order valence-corrected chi connectivity index (χ1v) is 7.83. The van der Waals surface area contributed by atoms with E-state index in [1.54, 1.807) is 0 Å². The topological polar surface area (TPSA) is 32.3 Å². The van der Waals surface area contributed by atoms with Gasteiger partial charge in [-0.15, -0.1) is 11.8 Å². The number of rotatable bonds is 4. The number of hydrogen-bond donors (Lipinski definition) is 1. The van der Waals surface area contributed by atoms with Crippen LogP contribution in [0, 0.1) is 0 Å². The standard InChI is InChI=1S/C15H20N2OS/c1-17-12-4-5-13(17)9-15(8-12)19-14-6-2-11(3-7-14)16-10-18/h2-3,6-7,10,12-13,15H,4-5,8-9H2,1H3,(H,16,18). The third-order valence-corrected chi connectivity index (χ3v) is 5.70. The van der Waals surface area contributed by atoms with Gasteiger partial charge < -0.3 is 10.2 Å². The molecule has 2 aliphatic rings. The first-order valence-electron chi connectivity index (χ1n) is 6.95. The molecular formula is C15H20N2OS. The van der Waals surface area contributed by atoms with Crippen LogP contribution in [0.2, 0.25) is 0 Å². The average Bonchev–Trinajstić information content (AvgIpc) is 2.64. The second kappa shape index (κ2) is 5.55. The Labute approximate surface area is 118 Å². The number of carbonyl (C=O) groups excluding carboxylic acids is 1. The smallest absolute Gasteiger partial charge is 0.211 e. The summed E-state index contributed by atoms with van der Waals surface area (Å²) in [4.78, 5) is 14.3. The highest BCUT2D eigenvalue weighted by molar-refractivity contribution is 8.00. The predicted molar refractivity (Wildman–Crippen MR) is 79.6 cm³/mol. The molecule has 102 valence electrons. The van der Waals surface area contributed by atoms with Crippen LogP contribution >= 0.6 is 11.8 Å². The summed E-state index contributed by atoms with van der Waals surface area (Å²) >= 11 is 2.00. The van der Waals surface area contributed by atoms with Gasteiger partial charge in [-0.2, -0.15) is 0 Å². The van der Waals surface area contributed by atoms with Crippen molar-refractivity contribution in [3.05, 3.63) is 24.3 Å². The van der Waals surface area contributed by atoms with Gasteiger partial charge in [0, 0.05) is 27.9 Å². The van der Waals surface area contributed by atoms with E-state index in [2.05, 4.69) is 29.4 Å². The molecule has 0 radical (unpaired) electrons. The summed E-state index contributed by atoms with van der Waals surface area (Å²) in [6.07, 6.45) is 6.09. The molecule has 2 aliphatic heterocycles. The Kier molecular flexibility index (Phi) is 3.80. The molecule has 1 amide bonds. The Balaban J connectivity index is 1.61. The quantitative estimate of drug-likeness (QED) is 0.858. The van der Waals surface area contributed by atoms with Crippen molar-refractivity contribution in [1.29, 1.82) is 0 Å². The molecule has 0 aliphatic carbocycles. The third kappa shape index (κ3) is 2.79. The Morgan fingerprint density at radius 1 is 1.21 bits per heavy atom. The second-order valence-corrected chi connectivity index (χ2v) is 6.92. The lowest BCUT2D eigenvalue weighted by atomic mass is 10.0. The fraction of sp³-hybridized carbons (Fsp3) is 0.533. The summed E-state index contributed by atoms with van der Waals surface area (Å²) in [7, 11) is 2.28. The second-order valence-electron chi connectivity index (χ2n) is 5.55. The molecule has 4 heteroatoms. The number of hydrogen-bond acceptors (Lipinski definition) is 3. The van der Waals surface area contributed by atoms with E-state index in [4.69, 9.17) is 0 Å². The number of nitrogens with zero attached hydrogens (tertiary/aromatic N) is 1. The molecule has 0 spiro atoms. The molecule has 0 saturated carbocycles. The number of carbonyl (C=O) groups is 1. The lowest BCUT2D eigenvalue weighted by Gasteiger charge is -2.36. The maximum atomic E-state index is 10.4. The maximum Gasteiger partial charge on any atom is 0.211 e. The van der Waals surface area contributed by atoms with Crippen LogP contribution in [0.3, 0.4) is 0 Å². The van der Waals surface area contributed by atoms with E-state index in [0.29, 0.717) is 0 Å². The van der Waals surface area contributed by atoms with Crippen molar-refractivity contribution in [2.24, 2.45) is 0 Å². The van der Waals surface area contributed by atoms with Crippen LogP contribution in [0.15, 0.2) is 29.2 Å². The molecule has 2 saturated heterocycles. The van der Waals surface area contributed by atoms with Crippen molar-refractivity contribution in [2.45, 2.75) is 47.9 Å². The van der Waals surface area contributed by atoms with Crippen molar-refractivity contribution in [2.75, 3.05) is 12.4 Å². The fourth-order valence-electron chi connectivity index (χ4n) is 3.35. The summed E-state index contributed by atoms with van der Waals surface area (Å²) in [6, 6.07) is 9.76. The summed E-state index contributed by atoms with van der Waals surface area (Å²) in [6.45, 7) is 0. The number of piperidine rings is 1. The largest absolute Gasteiger partial charge is 0.329 e. The Hall–Kier alpha value is -1.00. The van der Waals surface area contributed by atoms with Gasteiger partial charge in [0.15, 0.2) is 0 Å². The van der Waals surface area contributed by atoms with Gasteiger partial charge in [0.2, 0.25) is 6.41 Å². The average molecular weight is 276 g/mol. The normalized spacial score (nSPS) is 30.3. The van der Waals surface area contributed by atoms with Crippen LogP contribution in [0.4, 0.5) is 5.69 Å². The number of benzene rings is 1. The number of anilines is 1. The molecule has 19 heavy (non-hydrogen) atoms. The lowest BCUT2D eigenvalue weighted by Crippen LogP contribution is -2.40. The van der Waals surface area contributed by atoms with Crippen LogP contribution < -0.4 is 5.32 Å². The zero-order chi connectivity index (χ0) is 13.2. The molecule has 2 fully saturated rings. The van der Waals surface area contributed by atoms with E-state index < -0.39 is 0 Å². The molecular weight excluding hydrogens is 256 g/mol. The Morgan fingerprint density at radius 2 is 1.84 bits per heavy atom. The van der Waals surface area contributed by atoms with E-state index in [1.807, 2.05) is 23.9 Å². The monoisotopic (exact) mass is 276 g/mol. The molecule has 1 aromatic rings. The van der Waals surface area contributed by atoms with Gasteiger partial charge in [0.05, 0.1) is 0 Å². The van der Waals surface area contributed by atoms with Crippen molar-refractivity contribution >= 4 is 23.9 Å². The van der Waals surface area contributed by atoms with Gasteiger partial charge in [-0.05, 0) is 57.0 Å². The Morgan fingerprint density at radius 3 is 2.42 bits per heavy atom. The summed E-state index contributed by atoms with van der Waals surface area (Å²) in [5, 5.41) is 3.42. The number of fused-ring (bicyclic) bond motifs is 2. The summed E-state index contributed by atoms with van der Waals surface area (Å²) < 4.78 is 0. The number of amides is 1. The van der Waals surface area contributed by atoms with Gasteiger partial charge in [-0.3, -0.25) is 4.79 Å². The molecule has 1 aromatic carbocycles. The SMILES string of the molecule is CN1C2CCC1CC(Sc1ccc(NC=O)cc1)C2. The Bertz CT molecular complexity index is 434. The summed E-state index contributed by atoms with van der Waals surface area (Å²) in [5.74, 6) is 0. The molecule has 2 bridgehead atoms. The van der Waals surface area contributed by atoms with Crippen molar-refractivity contribution in [3.63, 3.8) is 0 Å². The van der Waals surface area contributed by atoms with Gasteiger partial charge in [-0.1, -0.05) is 0 Å².